The molecule has 0 aromatic heterocycles. The molecule has 0 radical (unpaired) electrons. The quantitative estimate of drug-likeness (QED) is 0.547. The van der Waals surface area contributed by atoms with Gasteiger partial charge >= 0.3 is 0 Å². The Morgan fingerprint density at radius 2 is 1.73 bits per heavy atom. The van der Waals surface area contributed by atoms with Crippen molar-refractivity contribution in [2.45, 2.75) is 19.3 Å². The lowest BCUT2D eigenvalue weighted by atomic mass is 10.3. The molecule has 0 aromatic carbocycles. The van der Waals surface area contributed by atoms with Crippen molar-refractivity contribution in [1.29, 1.82) is 0 Å². The summed E-state index contributed by atoms with van der Waals surface area (Å²) in [5.41, 5.74) is 5.30. The highest BCUT2D eigenvalue weighted by Crippen LogP contribution is 1.82. The molecule has 11 heavy (non-hydrogen) atoms. The monoisotopic (exact) mass is 226 g/mol. The number of rotatable bonds is 7. The molecular weight excluding hydrogens is 208 g/mol. The van der Waals surface area contributed by atoms with Crippen LogP contribution in [0.1, 0.15) is 19.3 Å². The number of halogens is 1. The molecule has 0 bridgehead atoms. The van der Waals surface area contributed by atoms with Crippen LogP contribution in [-0.4, -0.2) is 31.3 Å². The fourth-order valence-electron chi connectivity index (χ4n) is 0.723. The van der Waals surface area contributed by atoms with Crippen LogP contribution in [0, 0.1) is 0 Å². The van der Waals surface area contributed by atoms with Crippen molar-refractivity contribution in [3.63, 3.8) is 0 Å². The first-order chi connectivity index (χ1) is 4.91. The van der Waals surface area contributed by atoms with Crippen LogP contribution in [-0.2, 0) is 0 Å². The second-order valence-corrected chi connectivity index (χ2v) is 2.32. The van der Waals surface area contributed by atoms with Crippen molar-refractivity contribution < 1.29 is 5.11 Å². The Hall–Kier alpha value is 0.360. The largest absolute Gasteiger partial charge is 0.396 e. The summed E-state index contributed by atoms with van der Waals surface area (Å²) in [4.78, 5) is 0. The van der Waals surface area contributed by atoms with Crippen LogP contribution in [0.3, 0.4) is 0 Å². The number of unbranched alkanes of at least 4 members (excludes halogenated alkanes) is 1. The third kappa shape index (κ3) is 13.4. The molecule has 0 aromatic rings. The molecular formula is C7H19BrN2O. The summed E-state index contributed by atoms with van der Waals surface area (Å²) in [6.07, 6.45) is 3.08. The first kappa shape index (κ1) is 13.9. The maximum absolute atomic E-state index is 8.41. The molecule has 0 heterocycles. The van der Waals surface area contributed by atoms with Crippen molar-refractivity contribution in [2.24, 2.45) is 5.73 Å². The maximum atomic E-state index is 8.41. The Morgan fingerprint density at radius 1 is 1.09 bits per heavy atom. The van der Waals surface area contributed by atoms with E-state index in [1.54, 1.807) is 0 Å². The second kappa shape index (κ2) is 13.0. The fraction of sp³-hybridized carbons (Fsp3) is 1.00. The number of nitrogens with two attached hydrogens (primary N) is 1. The Bertz CT molecular complexity index is 56.4. The zero-order valence-electron chi connectivity index (χ0n) is 6.88. The highest BCUT2D eigenvalue weighted by Gasteiger charge is 1.85. The van der Waals surface area contributed by atoms with E-state index >= 15 is 0 Å². The number of aliphatic hydroxyl groups excluding tert-OH is 1. The normalized spacial score (nSPS) is 9.27. The molecule has 0 spiro atoms. The van der Waals surface area contributed by atoms with Crippen LogP contribution in [0.5, 0.6) is 0 Å². The van der Waals surface area contributed by atoms with Crippen LogP contribution in [0.15, 0.2) is 0 Å². The molecule has 0 rings (SSSR count). The van der Waals surface area contributed by atoms with E-state index in [1.165, 1.54) is 0 Å². The predicted molar refractivity (Wildman–Crippen MR) is 53.2 cm³/mol. The van der Waals surface area contributed by atoms with E-state index < -0.39 is 0 Å². The van der Waals surface area contributed by atoms with E-state index in [-0.39, 0.29) is 23.6 Å². The number of nitrogens with one attached hydrogen (secondary N) is 1. The Balaban J connectivity index is 0. The molecule has 70 valence electrons. The second-order valence-electron chi connectivity index (χ2n) is 2.32. The van der Waals surface area contributed by atoms with Gasteiger partial charge in [0.05, 0.1) is 0 Å². The van der Waals surface area contributed by atoms with Crippen molar-refractivity contribution in [3.05, 3.63) is 0 Å². The summed E-state index contributed by atoms with van der Waals surface area (Å²) in [7, 11) is 0. The number of aliphatic hydroxyl groups is 1. The van der Waals surface area contributed by atoms with Gasteiger partial charge in [0.2, 0.25) is 0 Å². The van der Waals surface area contributed by atoms with Crippen molar-refractivity contribution in [3.8, 4) is 0 Å². The Morgan fingerprint density at radius 3 is 2.27 bits per heavy atom. The average molecular weight is 227 g/mol. The van der Waals surface area contributed by atoms with E-state index in [0.717, 1.165) is 38.9 Å². The lowest BCUT2D eigenvalue weighted by Gasteiger charge is -2.00. The predicted octanol–water partition coefficient (Wildman–Crippen LogP) is 0.275. The molecule has 3 nitrogen and oxygen atoms in total. The van der Waals surface area contributed by atoms with Gasteiger partial charge in [-0.1, -0.05) is 0 Å². The topological polar surface area (TPSA) is 58.3 Å². The summed E-state index contributed by atoms with van der Waals surface area (Å²) < 4.78 is 0. The minimum absolute atomic E-state index is 0. The van der Waals surface area contributed by atoms with Gasteiger partial charge in [0.15, 0.2) is 0 Å². The lowest BCUT2D eigenvalue weighted by molar-refractivity contribution is 0.286. The van der Waals surface area contributed by atoms with Gasteiger partial charge in [-0.15, -0.1) is 17.0 Å². The third-order valence-corrected chi connectivity index (χ3v) is 1.32. The average Bonchev–Trinajstić information content (AvgIpc) is 1.97. The van der Waals surface area contributed by atoms with Crippen molar-refractivity contribution >= 4 is 17.0 Å². The highest BCUT2D eigenvalue weighted by atomic mass is 79.9. The molecule has 0 aliphatic carbocycles. The van der Waals surface area contributed by atoms with Crippen LogP contribution in [0.4, 0.5) is 0 Å². The summed E-state index contributed by atoms with van der Waals surface area (Å²) >= 11 is 0. The minimum Gasteiger partial charge on any atom is -0.396 e. The van der Waals surface area contributed by atoms with E-state index in [0.29, 0.717) is 0 Å². The highest BCUT2D eigenvalue weighted by molar-refractivity contribution is 8.93. The minimum atomic E-state index is 0. The SMILES string of the molecule is Br.NCCCCNCCCO. The van der Waals surface area contributed by atoms with Gasteiger partial charge in [0.25, 0.3) is 0 Å². The van der Waals surface area contributed by atoms with Crippen LogP contribution < -0.4 is 11.1 Å². The van der Waals surface area contributed by atoms with Gasteiger partial charge in [-0.05, 0) is 38.9 Å². The molecule has 4 N–H and O–H groups in total. The number of hydrogen-bond acceptors (Lipinski definition) is 3. The number of hydrogen-bond donors (Lipinski definition) is 3. The fourth-order valence-corrected chi connectivity index (χ4v) is 0.723. The molecule has 0 aliphatic heterocycles. The van der Waals surface area contributed by atoms with E-state index in [4.69, 9.17) is 10.8 Å². The Kier molecular flexibility index (Phi) is 16.4. The van der Waals surface area contributed by atoms with Crippen LogP contribution >= 0.6 is 17.0 Å². The summed E-state index contributed by atoms with van der Waals surface area (Å²) in [5.74, 6) is 0. The van der Waals surface area contributed by atoms with Gasteiger partial charge < -0.3 is 16.2 Å². The summed E-state index contributed by atoms with van der Waals surface area (Å²) in [6.45, 7) is 3.00. The summed E-state index contributed by atoms with van der Waals surface area (Å²) in [5, 5.41) is 11.6. The van der Waals surface area contributed by atoms with Crippen LogP contribution in [0.25, 0.3) is 0 Å². The molecule has 0 aliphatic rings. The van der Waals surface area contributed by atoms with Gasteiger partial charge in [0.1, 0.15) is 0 Å². The molecule has 0 saturated heterocycles. The molecule has 0 atom stereocenters. The first-order valence-corrected chi connectivity index (χ1v) is 3.93. The maximum Gasteiger partial charge on any atom is 0.0443 e. The zero-order valence-corrected chi connectivity index (χ0v) is 8.60. The molecule has 4 heteroatoms. The van der Waals surface area contributed by atoms with Gasteiger partial charge in [-0.2, -0.15) is 0 Å². The van der Waals surface area contributed by atoms with E-state index in [9.17, 15) is 0 Å². The summed E-state index contributed by atoms with van der Waals surface area (Å²) in [6, 6.07) is 0. The van der Waals surface area contributed by atoms with Crippen molar-refractivity contribution in [1.82, 2.24) is 5.32 Å². The molecule has 0 fully saturated rings. The smallest absolute Gasteiger partial charge is 0.0443 e. The third-order valence-electron chi connectivity index (χ3n) is 1.32. The molecule has 0 amide bonds. The van der Waals surface area contributed by atoms with Gasteiger partial charge in [-0.25, -0.2) is 0 Å². The zero-order chi connectivity index (χ0) is 7.66. The van der Waals surface area contributed by atoms with Crippen LogP contribution in [0.2, 0.25) is 0 Å². The van der Waals surface area contributed by atoms with E-state index in [2.05, 4.69) is 5.32 Å². The lowest BCUT2D eigenvalue weighted by Crippen LogP contribution is -2.18. The van der Waals surface area contributed by atoms with E-state index in [1.807, 2.05) is 0 Å². The molecule has 0 unspecified atom stereocenters. The molecule has 0 saturated carbocycles. The Labute approximate surface area is 79.1 Å². The standard InChI is InChI=1S/C7H18N2O.BrH/c8-4-1-2-5-9-6-3-7-10;/h9-10H,1-8H2;1H. The van der Waals surface area contributed by atoms with Gasteiger partial charge in [-0.3, -0.25) is 0 Å². The van der Waals surface area contributed by atoms with Crippen molar-refractivity contribution in [2.75, 3.05) is 26.2 Å². The first-order valence-electron chi connectivity index (χ1n) is 3.93. The van der Waals surface area contributed by atoms with Gasteiger partial charge in [0, 0.05) is 6.61 Å².